The zero-order valence-electron chi connectivity index (χ0n) is 10.8. The second-order valence-corrected chi connectivity index (χ2v) is 4.42. The summed E-state index contributed by atoms with van der Waals surface area (Å²) < 4.78 is 1.98. The van der Waals surface area contributed by atoms with Crippen molar-refractivity contribution in [2.24, 2.45) is 0 Å². The Morgan fingerprint density at radius 2 is 2.12 bits per heavy atom. The van der Waals surface area contributed by atoms with E-state index in [9.17, 15) is 5.11 Å². The standard InChI is InChI=1S/C12H23N3O/c1-5-10-7-11(15(6-2)13-10)8-12(16)9-14(3)4/h7,12,16H,5-6,8-9H2,1-4H3. The summed E-state index contributed by atoms with van der Waals surface area (Å²) in [5, 5.41) is 14.4. The number of nitrogens with zero attached hydrogens (tertiary/aromatic N) is 3. The third-order valence-electron chi connectivity index (χ3n) is 2.60. The van der Waals surface area contributed by atoms with Crippen molar-refractivity contribution in [3.05, 3.63) is 17.5 Å². The van der Waals surface area contributed by atoms with Gasteiger partial charge in [-0.05, 0) is 33.5 Å². The largest absolute Gasteiger partial charge is 0.391 e. The molecule has 1 aromatic rings. The molecule has 0 aliphatic carbocycles. The average Bonchev–Trinajstić information content (AvgIpc) is 2.59. The van der Waals surface area contributed by atoms with Gasteiger partial charge in [-0.25, -0.2) is 0 Å². The van der Waals surface area contributed by atoms with Crippen molar-refractivity contribution in [2.75, 3.05) is 20.6 Å². The smallest absolute Gasteiger partial charge is 0.0722 e. The number of rotatable bonds is 6. The van der Waals surface area contributed by atoms with E-state index in [2.05, 4.69) is 25.0 Å². The van der Waals surface area contributed by atoms with Crippen LogP contribution in [0.1, 0.15) is 25.2 Å². The molecule has 0 saturated heterocycles. The molecule has 16 heavy (non-hydrogen) atoms. The van der Waals surface area contributed by atoms with Gasteiger partial charge in [0.05, 0.1) is 11.8 Å². The van der Waals surface area contributed by atoms with E-state index in [1.165, 1.54) is 0 Å². The van der Waals surface area contributed by atoms with Gasteiger partial charge in [-0.1, -0.05) is 6.92 Å². The maximum atomic E-state index is 9.89. The fourth-order valence-electron chi connectivity index (χ4n) is 1.85. The molecular weight excluding hydrogens is 202 g/mol. The van der Waals surface area contributed by atoms with E-state index in [1.54, 1.807) is 0 Å². The van der Waals surface area contributed by atoms with E-state index in [1.807, 2.05) is 23.7 Å². The van der Waals surface area contributed by atoms with Crippen LogP contribution in [0.5, 0.6) is 0 Å². The number of likely N-dealkylation sites (N-methyl/N-ethyl adjacent to an activating group) is 1. The first kappa shape index (κ1) is 13.2. The van der Waals surface area contributed by atoms with E-state index in [0.29, 0.717) is 13.0 Å². The van der Waals surface area contributed by atoms with Gasteiger partial charge in [-0.15, -0.1) is 0 Å². The van der Waals surface area contributed by atoms with Crippen LogP contribution in [0.25, 0.3) is 0 Å². The molecule has 1 heterocycles. The van der Waals surface area contributed by atoms with Crippen molar-refractivity contribution in [3.63, 3.8) is 0 Å². The van der Waals surface area contributed by atoms with Gasteiger partial charge >= 0.3 is 0 Å². The predicted octanol–water partition coefficient (Wildman–Crippen LogP) is 0.930. The van der Waals surface area contributed by atoms with Crippen LogP contribution in [0.2, 0.25) is 0 Å². The van der Waals surface area contributed by atoms with Gasteiger partial charge in [0, 0.05) is 25.2 Å². The van der Waals surface area contributed by atoms with Gasteiger partial charge in [0.15, 0.2) is 0 Å². The first-order valence-electron chi connectivity index (χ1n) is 5.95. The molecule has 4 nitrogen and oxygen atoms in total. The molecule has 1 N–H and O–H groups in total. The van der Waals surface area contributed by atoms with E-state index in [0.717, 1.165) is 24.4 Å². The number of hydrogen-bond donors (Lipinski definition) is 1. The molecular formula is C12H23N3O. The van der Waals surface area contributed by atoms with Gasteiger partial charge in [-0.2, -0.15) is 5.10 Å². The Balaban J connectivity index is 2.67. The van der Waals surface area contributed by atoms with Crippen molar-refractivity contribution >= 4 is 0 Å². The summed E-state index contributed by atoms with van der Waals surface area (Å²) in [5.74, 6) is 0. The van der Waals surface area contributed by atoms with Crippen LogP contribution in [-0.4, -0.2) is 46.5 Å². The molecule has 0 saturated carbocycles. The third kappa shape index (κ3) is 3.61. The van der Waals surface area contributed by atoms with Gasteiger partial charge in [-0.3, -0.25) is 4.68 Å². The van der Waals surface area contributed by atoms with Gasteiger partial charge in [0.1, 0.15) is 0 Å². The zero-order valence-corrected chi connectivity index (χ0v) is 10.8. The molecule has 0 amide bonds. The van der Waals surface area contributed by atoms with Crippen molar-refractivity contribution in [1.29, 1.82) is 0 Å². The highest BCUT2D eigenvalue weighted by atomic mass is 16.3. The van der Waals surface area contributed by atoms with Crippen LogP contribution >= 0.6 is 0 Å². The van der Waals surface area contributed by atoms with Crippen molar-refractivity contribution in [3.8, 4) is 0 Å². The first-order chi connectivity index (χ1) is 7.56. The van der Waals surface area contributed by atoms with Crippen molar-refractivity contribution in [1.82, 2.24) is 14.7 Å². The molecule has 1 rings (SSSR count). The van der Waals surface area contributed by atoms with Gasteiger partial charge in [0.2, 0.25) is 0 Å². The number of hydrogen-bond acceptors (Lipinski definition) is 3. The summed E-state index contributed by atoms with van der Waals surface area (Å²) in [6, 6.07) is 2.10. The Labute approximate surface area is 97.9 Å². The fraction of sp³-hybridized carbons (Fsp3) is 0.750. The Hall–Kier alpha value is -0.870. The van der Waals surface area contributed by atoms with Crippen LogP contribution in [0.15, 0.2) is 6.07 Å². The normalized spacial score (nSPS) is 13.4. The monoisotopic (exact) mass is 225 g/mol. The van der Waals surface area contributed by atoms with Crippen LogP contribution in [0.4, 0.5) is 0 Å². The molecule has 0 radical (unpaired) electrons. The fourth-order valence-corrected chi connectivity index (χ4v) is 1.85. The maximum Gasteiger partial charge on any atom is 0.0722 e. The lowest BCUT2D eigenvalue weighted by Gasteiger charge is -2.16. The highest BCUT2D eigenvalue weighted by molar-refractivity contribution is 5.11. The molecule has 0 spiro atoms. The molecule has 92 valence electrons. The number of aliphatic hydroxyl groups excluding tert-OH is 1. The second kappa shape index (κ2) is 6.01. The lowest BCUT2D eigenvalue weighted by Crippen LogP contribution is -2.28. The molecule has 1 aromatic heterocycles. The van der Waals surface area contributed by atoms with Gasteiger partial charge < -0.3 is 10.0 Å². The molecule has 0 aromatic carbocycles. The molecule has 0 aliphatic heterocycles. The predicted molar refractivity (Wildman–Crippen MR) is 65.5 cm³/mol. The Morgan fingerprint density at radius 1 is 1.44 bits per heavy atom. The summed E-state index contributed by atoms with van der Waals surface area (Å²) in [6.07, 6.45) is 1.31. The average molecular weight is 225 g/mol. The lowest BCUT2D eigenvalue weighted by molar-refractivity contribution is 0.135. The minimum atomic E-state index is -0.318. The second-order valence-electron chi connectivity index (χ2n) is 4.42. The van der Waals surface area contributed by atoms with Crippen LogP contribution in [-0.2, 0) is 19.4 Å². The zero-order chi connectivity index (χ0) is 12.1. The first-order valence-corrected chi connectivity index (χ1v) is 5.95. The number of aliphatic hydroxyl groups is 1. The Bertz CT molecular complexity index is 320. The van der Waals surface area contributed by atoms with E-state index in [-0.39, 0.29) is 6.10 Å². The van der Waals surface area contributed by atoms with Crippen molar-refractivity contribution in [2.45, 2.75) is 39.3 Å². The molecule has 0 aliphatic rings. The summed E-state index contributed by atoms with van der Waals surface area (Å²) >= 11 is 0. The molecule has 4 heteroatoms. The quantitative estimate of drug-likeness (QED) is 0.783. The molecule has 0 bridgehead atoms. The Morgan fingerprint density at radius 3 is 2.62 bits per heavy atom. The number of aryl methyl sites for hydroxylation is 2. The summed E-state index contributed by atoms with van der Waals surface area (Å²) in [5.41, 5.74) is 2.24. The van der Waals surface area contributed by atoms with Crippen LogP contribution in [0.3, 0.4) is 0 Å². The minimum absolute atomic E-state index is 0.318. The van der Waals surface area contributed by atoms with Crippen molar-refractivity contribution < 1.29 is 5.11 Å². The molecule has 1 unspecified atom stereocenters. The summed E-state index contributed by atoms with van der Waals surface area (Å²) in [6.45, 7) is 5.73. The SMILES string of the molecule is CCc1cc(CC(O)CN(C)C)n(CC)n1. The molecule has 1 atom stereocenters. The highest BCUT2D eigenvalue weighted by Gasteiger charge is 2.12. The van der Waals surface area contributed by atoms with Crippen LogP contribution in [0, 0.1) is 0 Å². The Kier molecular flexibility index (Phi) is 4.96. The lowest BCUT2D eigenvalue weighted by atomic mass is 10.1. The molecule has 0 fully saturated rings. The van der Waals surface area contributed by atoms with Crippen LogP contribution < -0.4 is 0 Å². The maximum absolute atomic E-state index is 9.89. The minimum Gasteiger partial charge on any atom is -0.391 e. The topological polar surface area (TPSA) is 41.3 Å². The highest BCUT2D eigenvalue weighted by Crippen LogP contribution is 2.08. The third-order valence-corrected chi connectivity index (χ3v) is 2.60. The number of aromatic nitrogens is 2. The van der Waals surface area contributed by atoms with Gasteiger partial charge in [0.25, 0.3) is 0 Å². The van der Waals surface area contributed by atoms with E-state index in [4.69, 9.17) is 0 Å². The summed E-state index contributed by atoms with van der Waals surface area (Å²) in [4.78, 5) is 2.00. The van der Waals surface area contributed by atoms with E-state index >= 15 is 0 Å². The van der Waals surface area contributed by atoms with E-state index < -0.39 is 0 Å². The summed E-state index contributed by atoms with van der Waals surface area (Å²) in [7, 11) is 3.94.